The summed E-state index contributed by atoms with van der Waals surface area (Å²) < 4.78 is 16.9. The van der Waals surface area contributed by atoms with Gasteiger partial charge in [-0.05, 0) is 56.2 Å². The first-order chi connectivity index (χ1) is 18.0. The van der Waals surface area contributed by atoms with Crippen LogP contribution in [0.15, 0.2) is 78.4 Å². The molecule has 1 N–H and O–H groups in total. The van der Waals surface area contributed by atoms with E-state index in [0.29, 0.717) is 36.9 Å². The number of amides is 1. The Morgan fingerprint density at radius 1 is 0.811 bits per heavy atom. The zero-order valence-corrected chi connectivity index (χ0v) is 21.3. The van der Waals surface area contributed by atoms with Crippen LogP contribution in [0.3, 0.4) is 0 Å². The first kappa shape index (κ1) is 25.8. The number of carbonyl (C=O) groups excluding carboxylic acids is 2. The van der Waals surface area contributed by atoms with Crippen molar-refractivity contribution in [1.29, 1.82) is 0 Å². The number of aliphatic hydroxyl groups is 1. The minimum atomic E-state index is -0.770. The summed E-state index contributed by atoms with van der Waals surface area (Å²) in [6.07, 6.45) is 0. The van der Waals surface area contributed by atoms with Crippen LogP contribution < -0.4 is 14.2 Å². The van der Waals surface area contributed by atoms with Crippen LogP contribution in [-0.2, 0) is 16.1 Å². The standard InChI is InChI=1S/C30H31NO6/c1-4-35-22-14-12-20(13-15-22)19-31-27(21-10-8-7-9-11-21)26(29(33)30(31)34)28(32)24-17-16-23(36-5-2)18-25(24)37-6-3/h7-18,27,32H,4-6,19H2,1-3H3/b28-26-. The zero-order chi connectivity index (χ0) is 26.4. The average Bonchev–Trinajstić information content (AvgIpc) is 3.15. The summed E-state index contributed by atoms with van der Waals surface area (Å²) in [5.41, 5.74) is 1.90. The van der Waals surface area contributed by atoms with Gasteiger partial charge < -0.3 is 24.2 Å². The lowest BCUT2D eigenvalue weighted by Gasteiger charge is -2.25. The SMILES string of the molecule is CCOc1ccc(CN2C(=O)C(=O)/C(=C(\O)c3ccc(OCC)cc3OCC)C2c2ccccc2)cc1. The van der Waals surface area contributed by atoms with Crippen molar-refractivity contribution in [3.8, 4) is 17.2 Å². The lowest BCUT2D eigenvalue weighted by Crippen LogP contribution is -2.29. The molecular formula is C30H31NO6. The molecule has 192 valence electrons. The highest BCUT2D eigenvalue weighted by molar-refractivity contribution is 6.46. The number of nitrogens with zero attached hydrogens (tertiary/aromatic N) is 1. The number of hydrogen-bond donors (Lipinski definition) is 1. The molecule has 7 nitrogen and oxygen atoms in total. The van der Waals surface area contributed by atoms with Gasteiger partial charge in [0.15, 0.2) is 0 Å². The van der Waals surface area contributed by atoms with Gasteiger partial charge in [0, 0.05) is 12.6 Å². The van der Waals surface area contributed by atoms with Gasteiger partial charge in [0.2, 0.25) is 0 Å². The summed E-state index contributed by atoms with van der Waals surface area (Å²) in [4.78, 5) is 28.2. The third-order valence-corrected chi connectivity index (χ3v) is 6.06. The second-order valence-electron chi connectivity index (χ2n) is 8.44. The fraction of sp³-hybridized carbons (Fsp3) is 0.267. The third kappa shape index (κ3) is 5.45. The van der Waals surface area contributed by atoms with Gasteiger partial charge in [0.1, 0.15) is 23.0 Å². The van der Waals surface area contributed by atoms with Gasteiger partial charge in [-0.2, -0.15) is 0 Å². The van der Waals surface area contributed by atoms with E-state index < -0.39 is 17.7 Å². The van der Waals surface area contributed by atoms with E-state index in [9.17, 15) is 14.7 Å². The molecule has 0 aromatic heterocycles. The second kappa shape index (κ2) is 11.6. The predicted octanol–water partition coefficient (Wildman–Crippen LogP) is 5.50. The number of carbonyl (C=O) groups is 2. The molecule has 3 aromatic carbocycles. The van der Waals surface area contributed by atoms with Crippen molar-refractivity contribution in [2.45, 2.75) is 33.4 Å². The average molecular weight is 502 g/mol. The van der Waals surface area contributed by atoms with E-state index in [-0.39, 0.29) is 17.9 Å². The van der Waals surface area contributed by atoms with E-state index in [0.717, 1.165) is 16.9 Å². The van der Waals surface area contributed by atoms with E-state index in [4.69, 9.17) is 14.2 Å². The van der Waals surface area contributed by atoms with Crippen LogP contribution in [0.4, 0.5) is 0 Å². The van der Waals surface area contributed by atoms with E-state index in [1.165, 1.54) is 4.90 Å². The van der Waals surface area contributed by atoms with Crippen LogP contribution in [0.2, 0.25) is 0 Å². The lowest BCUT2D eigenvalue weighted by molar-refractivity contribution is -0.140. The summed E-state index contributed by atoms with van der Waals surface area (Å²) >= 11 is 0. The van der Waals surface area contributed by atoms with E-state index in [1.54, 1.807) is 18.2 Å². The van der Waals surface area contributed by atoms with E-state index in [1.807, 2.05) is 75.4 Å². The number of ketones is 1. The third-order valence-electron chi connectivity index (χ3n) is 6.06. The topological polar surface area (TPSA) is 85.3 Å². The summed E-state index contributed by atoms with van der Waals surface area (Å²) in [7, 11) is 0. The molecule has 37 heavy (non-hydrogen) atoms. The molecule has 1 saturated heterocycles. The van der Waals surface area contributed by atoms with Gasteiger partial charge >= 0.3 is 0 Å². The van der Waals surface area contributed by atoms with Gasteiger partial charge in [-0.25, -0.2) is 0 Å². The molecule has 1 amide bonds. The Morgan fingerprint density at radius 3 is 2.08 bits per heavy atom. The van der Waals surface area contributed by atoms with Crippen molar-refractivity contribution in [2.24, 2.45) is 0 Å². The number of ether oxygens (including phenoxy) is 3. The zero-order valence-electron chi connectivity index (χ0n) is 21.3. The lowest BCUT2D eigenvalue weighted by atomic mass is 9.95. The van der Waals surface area contributed by atoms with Crippen molar-refractivity contribution in [2.75, 3.05) is 19.8 Å². The normalized spacial score (nSPS) is 16.6. The first-order valence-corrected chi connectivity index (χ1v) is 12.4. The molecule has 0 aliphatic carbocycles. The quantitative estimate of drug-likeness (QED) is 0.224. The molecule has 1 unspecified atom stereocenters. The highest BCUT2D eigenvalue weighted by Gasteiger charge is 2.46. The molecule has 7 heteroatoms. The van der Waals surface area contributed by atoms with Crippen LogP contribution in [0.1, 0.15) is 43.5 Å². The Labute approximate surface area is 216 Å². The summed E-state index contributed by atoms with van der Waals surface area (Å²) in [5.74, 6) is -0.0184. The number of hydrogen-bond acceptors (Lipinski definition) is 6. The fourth-order valence-corrected chi connectivity index (χ4v) is 4.45. The molecule has 0 spiro atoms. The van der Waals surface area contributed by atoms with Crippen molar-refractivity contribution in [3.05, 3.63) is 95.1 Å². The van der Waals surface area contributed by atoms with Gasteiger partial charge in [-0.3, -0.25) is 9.59 Å². The van der Waals surface area contributed by atoms with E-state index >= 15 is 0 Å². The molecule has 3 aromatic rings. The largest absolute Gasteiger partial charge is 0.507 e. The molecule has 0 bridgehead atoms. The van der Waals surface area contributed by atoms with Crippen LogP contribution in [0.25, 0.3) is 5.76 Å². The van der Waals surface area contributed by atoms with Crippen LogP contribution in [0, 0.1) is 0 Å². The van der Waals surface area contributed by atoms with Crippen molar-refractivity contribution >= 4 is 17.4 Å². The van der Waals surface area contributed by atoms with Crippen LogP contribution >= 0.6 is 0 Å². The number of rotatable bonds is 10. The highest BCUT2D eigenvalue weighted by Crippen LogP contribution is 2.42. The monoisotopic (exact) mass is 501 g/mol. The van der Waals surface area contributed by atoms with Crippen LogP contribution in [-0.4, -0.2) is 41.5 Å². The molecular weight excluding hydrogens is 470 g/mol. The Kier molecular flexibility index (Phi) is 8.13. The Bertz CT molecular complexity index is 1280. The maximum atomic E-state index is 13.4. The van der Waals surface area contributed by atoms with E-state index in [2.05, 4.69) is 0 Å². The molecule has 4 rings (SSSR count). The molecule has 1 aliphatic heterocycles. The Morgan fingerprint density at radius 2 is 1.43 bits per heavy atom. The predicted molar refractivity (Wildman–Crippen MR) is 141 cm³/mol. The molecule has 0 saturated carbocycles. The van der Waals surface area contributed by atoms with Gasteiger partial charge in [0.25, 0.3) is 11.7 Å². The molecule has 1 atom stereocenters. The Balaban J connectivity index is 1.80. The number of aliphatic hydroxyl groups excluding tert-OH is 1. The number of Topliss-reactive ketones (excluding diaryl/α,β-unsaturated/α-hetero) is 1. The minimum absolute atomic E-state index is 0.0206. The molecule has 1 aliphatic rings. The van der Waals surface area contributed by atoms with Crippen molar-refractivity contribution < 1.29 is 28.9 Å². The molecule has 0 radical (unpaired) electrons. The fourth-order valence-electron chi connectivity index (χ4n) is 4.45. The van der Waals surface area contributed by atoms with Crippen molar-refractivity contribution in [3.63, 3.8) is 0 Å². The summed E-state index contributed by atoms with van der Waals surface area (Å²) in [6, 6.07) is 20.9. The smallest absolute Gasteiger partial charge is 0.295 e. The molecule has 1 heterocycles. The summed E-state index contributed by atoms with van der Waals surface area (Å²) in [5, 5.41) is 11.5. The van der Waals surface area contributed by atoms with Gasteiger partial charge in [-0.1, -0.05) is 42.5 Å². The second-order valence-corrected chi connectivity index (χ2v) is 8.44. The van der Waals surface area contributed by atoms with Gasteiger partial charge in [-0.15, -0.1) is 0 Å². The summed E-state index contributed by atoms with van der Waals surface area (Å²) in [6.45, 7) is 7.18. The van der Waals surface area contributed by atoms with Gasteiger partial charge in [0.05, 0.1) is 37.0 Å². The highest BCUT2D eigenvalue weighted by atomic mass is 16.5. The maximum absolute atomic E-state index is 13.4. The number of benzene rings is 3. The maximum Gasteiger partial charge on any atom is 0.295 e. The minimum Gasteiger partial charge on any atom is -0.507 e. The first-order valence-electron chi connectivity index (χ1n) is 12.4. The van der Waals surface area contributed by atoms with Crippen LogP contribution in [0.5, 0.6) is 17.2 Å². The van der Waals surface area contributed by atoms with Crippen molar-refractivity contribution in [1.82, 2.24) is 4.90 Å². The number of likely N-dealkylation sites (tertiary alicyclic amines) is 1. The molecule has 1 fully saturated rings. The Hall–Kier alpha value is -4.26.